The molecule has 0 fully saturated rings. The van der Waals surface area contributed by atoms with Crippen LogP contribution in [0.3, 0.4) is 0 Å². The summed E-state index contributed by atoms with van der Waals surface area (Å²) in [4.78, 5) is 11.5. The number of carbonyl (C=O) groups is 1. The first kappa shape index (κ1) is 8.98. The molecule has 0 N–H and O–H groups in total. The fourth-order valence-corrected chi connectivity index (χ4v) is 1.77. The molecular formula is C12H20O. The number of rotatable bonds is 5. The fourth-order valence-electron chi connectivity index (χ4n) is 1.77. The number of Topliss-reactive ketones (excluding diaryl/α,β-unsaturated/α-hetero) is 1. The van der Waals surface area contributed by atoms with Crippen molar-refractivity contribution in [2.45, 2.75) is 52.4 Å². The van der Waals surface area contributed by atoms with Gasteiger partial charge in [0.25, 0.3) is 0 Å². The fraction of sp³-hybridized carbons (Fsp3) is 0.750. The smallest absolute Gasteiger partial charge is 0.159 e. The number of hydrogen-bond donors (Lipinski definition) is 0. The van der Waals surface area contributed by atoms with Crippen LogP contribution in [-0.2, 0) is 4.79 Å². The Kier molecular flexibility index (Phi) is 3.60. The van der Waals surface area contributed by atoms with Crippen LogP contribution in [0.5, 0.6) is 0 Å². The molecule has 0 aliphatic heterocycles. The Morgan fingerprint density at radius 2 is 2.31 bits per heavy atom. The van der Waals surface area contributed by atoms with Gasteiger partial charge in [0, 0.05) is 6.42 Å². The van der Waals surface area contributed by atoms with Gasteiger partial charge in [0.05, 0.1) is 1.37 Å². The molecule has 0 aromatic rings. The van der Waals surface area contributed by atoms with E-state index in [0.29, 0.717) is 12.5 Å². The molecule has 1 heteroatoms. The lowest BCUT2D eigenvalue weighted by Gasteiger charge is -1.99. The highest BCUT2D eigenvalue weighted by Crippen LogP contribution is 2.24. The highest BCUT2D eigenvalue weighted by molar-refractivity contribution is 5.97. The molecule has 0 aromatic carbocycles. The Bertz CT molecular complexity index is 243. The van der Waals surface area contributed by atoms with Crippen LogP contribution in [0.2, 0.25) is 0 Å². The Morgan fingerprint density at radius 1 is 1.54 bits per heavy atom. The molecule has 0 heterocycles. The zero-order valence-electron chi connectivity index (χ0n) is 9.73. The summed E-state index contributed by atoms with van der Waals surface area (Å²) in [5.74, 6) is 0.391. The van der Waals surface area contributed by atoms with E-state index in [1.165, 1.54) is 19.3 Å². The maximum absolute atomic E-state index is 11.5. The van der Waals surface area contributed by atoms with Gasteiger partial charge in [-0.05, 0) is 24.3 Å². The average molecular weight is 181 g/mol. The van der Waals surface area contributed by atoms with Crippen LogP contribution in [0.1, 0.15) is 53.7 Å². The van der Waals surface area contributed by atoms with Gasteiger partial charge in [0.2, 0.25) is 0 Å². The van der Waals surface area contributed by atoms with E-state index in [1.807, 2.05) is 6.92 Å². The molecule has 0 saturated carbocycles. The van der Waals surface area contributed by atoms with E-state index in [4.69, 9.17) is 1.37 Å². The van der Waals surface area contributed by atoms with Crippen LogP contribution < -0.4 is 0 Å². The van der Waals surface area contributed by atoms with Crippen molar-refractivity contribution in [1.29, 1.82) is 0 Å². The summed E-state index contributed by atoms with van der Waals surface area (Å²) in [7, 11) is 0. The van der Waals surface area contributed by atoms with Crippen molar-refractivity contribution in [2.75, 3.05) is 0 Å². The summed E-state index contributed by atoms with van der Waals surface area (Å²) in [6.45, 7) is 4.15. The monoisotopic (exact) mass is 181 g/mol. The molecule has 1 aliphatic rings. The van der Waals surface area contributed by atoms with E-state index in [2.05, 4.69) is 6.92 Å². The van der Waals surface area contributed by atoms with Gasteiger partial charge < -0.3 is 0 Å². The van der Waals surface area contributed by atoms with E-state index in [1.54, 1.807) is 0 Å². The molecule has 1 nitrogen and oxygen atoms in total. The SMILES string of the molecule is [2H]C1=C(CCCCCC)C(=O)CC1C. The standard InChI is InChI=1S/C12H20O/c1-3-4-5-6-7-11-8-10(2)9-12(11)13/h8,10H,3-7,9H2,1-2H3/i8D. The quantitative estimate of drug-likeness (QED) is 0.593. The Hall–Kier alpha value is -0.590. The summed E-state index contributed by atoms with van der Waals surface area (Å²) < 4.78 is 7.76. The van der Waals surface area contributed by atoms with Crippen molar-refractivity contribution >= 4 is 5.78 Å². The Balaban J connectivity index is 2.39. The average Bonchev–Trinajstić information content (AvgIpc) is 2.38. The first-order chi connectivity index (χ1) is 6.66. The molecule has 74 valence electrons. The molecular weight excluding hydrogens is 160 g/mol. The van der Waals surface area contributed by atoms with E-state index in [-0.39, 0.29) is 11.7 Å². The lowest BCUT2D eigenvalue weighted by atomic mass is 10.1. The van der Waals surface area contributed by atoms with Crippen LogP contribution in [0.4, 0.5) is 0 Å². The number of carbonyl (C=O) groups excluding carboxylic acids is 1. The van der Waals surface area contributed by atoms with Crippen molar-refractivity contribution in [1.82, 2.24) is 0 Å². The van der Waals surface area contributed by atoms with Crippen LogP contribution >= 0.6 is 0 Å². The highest BCUT2D eigenvalue weighted by Gasteiger charge is 2.19. The zero-order valence-corrected chi connectivity index (χ0v) is 8.73. The van der Waals surface area contributed by atoms with Gasteiger partial charge in [-0.15, -0.1) is 0 Å². The largest absolute Gasteiger partial charge is 0.295 e. The third kappa shape index (κ3) is 3.33. The van der Waals surface area contributed by atoms with E-state index >= 15 is 0 Å². The van der Waals surface area contributed by atoms with Gasteiger partial charge in [-0.2, -0.15) is 0 Å². The summed E-state index contributed by atoms with van der Waals surface area (Å²) in [6, 6.07) is 0.603. The summed E-state index contributed by atoms with van der Waals surface area (Å²) >= 11 is 0. The lowest BCUT2D eigenvalue weighted by Crippen LogP contribution is -1.96. The number of unbranched alkanes of at least 4 members (excludes halogenated alkanes) is 3. The van der Waals surface area contributed by atoms with Gasteiger partial charge in [0.1, 0.15) is 0 Å². The molecule has 0 saturated heterocycles. The molecule has 1 unspecified atom stereocenters. The molecule has 1 aliphatic carbocycles. The topological polar surface area (TPSA) is 17.1 Å². The Morgan fingerprint density at radius 3 is 2.85 bits per heavy atom. The van der Waals surface area contributed by atoms with Gasteiger partial charge in [0.15, 0.2) is 5.78 Å². The second kappa shape index (κ2) is 5.21. The van der Waals surface area contributed by atoms with Crippen molar-refractivity contribution in [3.05, 3.63) is 11.6 Å². The molecule has 1 rings (SSSR count). The van der Waals surface area contributed by atoms with Gasteiger partial charge in [-0.1, -0.05) is 39.2 Å². The normalized spacial score (nSPS) is 24.0. The predicted molar refractivity (Wildman–Crippen MR) is 55.6 cm³/mol. The molecule has 0 amide bonds. The lowest BCUT2D eigenvalue weighted by molar-refractivity contribution is -0.115. The van der Waals surface area contributed by atoms with Crippen LogP contribution in [0.15, 0.2) is 11.6 Å². The van der Waals surface area contributed by atoms with Crippen LogP contribution in [-0.4, -0.2) is 5.78 Å². The second-order valence-corrected chi connectivity index (χ2v) is 3.96. The maximum atomic E-state index is 11.5. The van der Waals surface area contributed by atoms with E-state index in [9.17, 15) is 4.79 Å². The minimum atomic E-state index is 0.170. The minimum Gasteiger partial charge on any atom is -0.295 e. The summed E-state index contributed by atoms with van der Waals surface area (Å²) in [5.41, 5.74) is 0.814. The van der Waals surface area contributed by atoms with Gasteiger partial charge in [-0.25, -0.2) is 0 Å². The van der Waals surface area contributed by atoms with Crippen molar-refractivity contribution in [3.8, 4) is 0 Å². The number of hydrogen-bond acceptors (Lipinski definition) is 1. The van der Waals surface area contributed by atoms with Crippen LogP contribution in [0.25, 0.3) is 0 Å². The first-order valence-electron chi connectivity index (χ1n) is 5.89. The van der Waals surface area contributed by atoms with Crippen molar-refractivity contribution < 1.29 is 6.17 Å². The molecule has 0 spiro atoms. The Labute approximate surface area is 82.6 Å². The summed E-state index contributed by atoms with van der Waals surface area (Å²) in [5, 5.41) is 0. The number of allylic oxidation sites excluding steroid dienone is 2. The predicted octanol–water partition coefficient (Wildman–Crippen LogP) is 3.49. The van der Waals surface area contributed by atoms with Gasteiger partial charge in [-0.3, -0.25) is 4.79 Å². The summed E-state index contributed by atoms with van der Waals surface area (Å²) in [6.07, 6.45) is 6.13. The van der Waals surface area contributed by atoms with E-state index < -0.39 is 0 Å². The molecule has 13 heavy (non-hydrogen) atoms. The molecule has 0 bridgehead atoms. The van der Waals surface area contributed by atoms with Gasteiger partial charge >= 0.3 is 0 Å². The van der Waals surface area contributed by atoms with Crippen molar-refractivity contribution in [2.24, 2.45) is 5.92 Å². The molecule has 1 atom stereocenters. The second-order valence-electron chi connectivity index (χ2n) is 3.96. The van der Waals surface area contributed by atoms with Crippen molar-refractivity contribution in [3.63, 3.8) is 0 Å². The third-order valence-electron chi connectivity index (χ3n) is 2.53. The minimum absolute atomic E-state index is 0.170. The maximum Gasteiger partial charge on any atom is 0.159 e. The first-order valence-corrected chi connectivity index (χ1v) is 5.39. The molecule has 0 aromatic heterocycles. The zero-order chi connectivity index (χ0) is 10.6. The molecule has 0 radical (unpaired) electrons. The number of ketones is 1. The van der Waals surface area contributed by atoms with Crippen LogP contribution in [0, 0.1) is 5.92 Å². The highest BCUT2D eigenvalue weighted by atomic mass is 16.1. The van der Waals surface area contributed by atoms with E-state index in [0.717, 1.165) is 18.4 Å². The third-order valence-corrected chi connectivity index (χ3v) is 2.53.